The minimum Gasteiger partial charge on any atom is -0.502 e. The predicted octanol–water partition coefficient (Wildman–Crippen LogP) is 4.73. The monoisotopic (exact) mass is 519 g/mol. The topological polar surface area (TPSA) is 177 Å². The summed E-state index contributed by atoms with van der Waals surface area (Å²) in [4.78, 5) is 20.6. The number of anilines is 2. The molecule has 0 aliphatic rings. The number of sulfonamides is 1. The Kier molecular flexibility index (Phi) is 7.22. The number of phenolic OH excluding ortho intramolecular Hbond substituents is 1. The molecule has 3 aromatic rings. The number of nitro groups is 2. The highest BCUT2D eigenvalue weighted by atomic mass is 35.5. The maximum atomic E-state index is 12.8. The second-order valence-corrected chi connectivity index (χ2v) is 9.47. The summed E-state index contributed by atoms with van der Waals surface area (Å²) in [5.74, 6) is -0.696. The van der Waals surface area contributed by atoms with E-state index in [-0.39, 0.29) is 21.2 Å². The normalized spacial score (nSPS) is 11.4. The molecule has 14 heteroatoms. The van der Waals surface area contributed by atoms with Crippen LogP contribution in [0, 0.1) is 34.1 Å². The van der Waals surface area contributed by atoms with Gasteiger partial charge in [0.15, 0.2) is 0 Å². The van der Waals surface area contributed by atoms with E-state index in [2.05, 4.69) is 15.2 Å². The highest BCUT2D eigenvalue weighted by Crippen LogP contribution is 2.33. The first-order chi connectivity index (χ1) is 16.4. The smallest absolute Gasteiger partial charge is 0.312 e. The van der Waals surface area contributed by atoms with Crippen LogP contribution < -0.4 is 10.1 Å². The zero-order valence-corrected chi connectivity index (χ0v) is 19.8. The first-order valence-electron chi connectivity index (χ1n) is 9.73. The summed E-state index contributed by atoms with van der Waals surface area (Å²) in [6.45, 7) is 3.59. The predicted molar refractivity (Wildman–Crippen MR) is 131 cm³/mol. The number of aromatic hydroxyl groups is 1. The molecule has 3 aromatic carbocycles. The van der Waals surface area contributed by atoms with Gasteiger partial charge in [-0.25, -0.2) is 8.42 Å². The quantitative estimate of drug-likeness (QED) is 0.217. The van der Waals surface area contributed by atoms with Crippen molar-refractivity contribution in [2.45, 2.75) is 18.7 Å². The number of benzene rings is 3. The van der Waals surface area contributed by atoms with E-state index >= 15 is 0 Å². The van der Waals surface area contributed by atoms with Gasteiger partial charge in [-0.3, -0.25) is 30.4 Å². The third-order valence-corrected chi connectivity index (χ3v) is 6.35. The van der Waals surface area contributed by atoms with Crippen molar-refractivity contribution < 1.29 is 23.4 Å². The number of hydrogen-bond acceptors (Lipinski definition) is 9. The molecular weight excluding hydrogens is 502 g/mol. The lowest BCUT2D eigenvalue weighted by atomic mass is 10.1. The standard InChI is InChI=1S/C21H18ClN5O7S/c1-12-3-5-17(13(2)7-12)25-35(33,34)16-4-6-18(19(10-16)26(29)30)24-23-11-14-8-15(22)9-20(21(14)28)27(31)32/h3-11,24-25,28H,1-2H3/b23-11-. The van der Waals surface area contributed by atoms with Crippen molar-refractivity contribution in [3.8, 4) is 5.75 Å². The van der Waals surface area contributed by atoms with E-state index in [0.717, 1.165) is 36.0 Å². The van der Waals surface area contributed by atoms with E-state index in [1.54, 1.807) is 25.1 Å². The Bertz CT molecular complexity index is 1480. The van der Waals surface area contributed by atoms with E-state index in [4.69, 9.17) is 11.6 Å². The van der Waals surface area contributed by atoms with Gasteiger partial charge in [-0.15, -0.1) is 0 Å². The summed E-state index contributed by atoms with van der Waals surface area (Å²) in [5.41, 5.74) is 2.82. The summed E-state index contributed by atoms with van der Waals surface area (Å²) in [6, 6.07) is 10.4. The molecule has 0 saturated carbocycles. The summed E-state index contributed by atoms with van der Waals surface area (Å²) in [7, 11) is -4.14. The average molecular weight is 520 g/mol. The molecule has 0 aromatic heterocycles. The third kappa shape index (κ3) is 5.83. The summed E-state index contributed by atoms with van der Waals surface area (Å²) in [5, 5.41) is 36.3. The summed E-state index contributed by atoms with van der Waals surface area (Å²) >= 11 is 5.81. The fourth-order valence-corrected chi connectivity index (χ4v) is 4.44. The molecule has 0 aliphatic carbocycles. The highest BCUT2D eigenvalue weighted by Gasteiger charge is 2.22. The molecule has 0 amide bonds. The van der Waals surface area contributed by atoms with E-state index in [9.17, 15) is 33.8 Å². The molecular formula is C21H18ClN5O7S. The molecule has 0 radical (unpaired) electrons. The number of phenols is 1. The van der Waals surface area contributed by atoms with Gasteiger partial charge in [-0.05, 0) is 43.7 Å². The fourth-order valence-electron chi connectivity index (χ4n) is 3.07. The van der Waals surface area contributed by atoms with Crippen LogP contribution in [0.5, 0.6) is 5.75 Å². The van der Waals surface area contributed by atoms with E-state index in [0.29, 0.717) is 11.3 Å². The van der Waals surface area contributed by atoms with Crippen molar-refractivity contribution in [1.29, 1.82) is 0 Å². The van der Waals surface area contributed by atoms with Crippen LogP contribution in [0.15, 0.2) is 58.5 Å². The van der Waals surface area contributed by atoms with Crippen LogP contribution in [0.1, 0.15) is 16.7 Å². The molecule has 12 nitrogen and oxygen atoms in total. The molecule has 0 atom stereocenters. The number of hydrogen-bond donors (Lipinski definition) is 3. The summed E-state index contributed by atoms with van der Waals surface area (Å²) in [6.07, 6.45) is 0.977. The molecule has 0 unspecified atom stereocenters. The molecule has 0 aliphatic heterocycles. The molecule has 182 valence electrons. The Labute approximate surface area is 204 Å². The van der Waals surface area contributed by atoms with Crippen LogP contribution in [0.3, 0.4) is 0 Å². The average Bonchev–Trinajstić information content (AvgIpc) is 2.77. The van der Waals surface area contributed by atoms with Crippen LogP contribution in [-0.4, -0.2) is 29.6 Å². The lowest BCUT2D eigenvalue weighted by molar-refractivity contribution is -0.385. The van der Waals surface area contributed by atoms with Gasteiger partial charge in [0.25, 0.3) is 15.7 Å². The fraction of sp³-hybridized carbons (Fsp3) is 0.0952. The largest absolute Gasteiger partial charge is 0.502 e. The van der Waals surface area contributed by atoms with E-state index < -0.39 is 37.0 Å². The van der Waals surface area contributed by atoms with Crippen molar-refractivity contribution in [1.82, 2.24) is 0 Å². The first-order valence-corrected chi connectivity index (χ1v) is 11.6. The zero-order chi connectivity index (χ0) is 25.9. The van der Waals surface area contributed by atoms with Gasteiger partial charge in [0.05, 0.1) is 26.6 Å². The lowest BCUT2D eigenvalue weighted by Crippen LogP contribution is -2.14. The Hall–Kier alpha value is -4.23. The van der Waals surface area contributed by atoms with E-state index in [1.165, 1.54) is 6.07 Å². The number of nitrogens with one attached hydrogen (secondary N) is 2. The van der Waals surface area contributed by atoms with Gasteiger partial charge >= 0.3 is 5.69 Å². The first kappa shape index (κ1) is 25.4. The number of nitrogens with zero attached hydrogens (tertiary/aromatic N) is 3. The maximum absolute atomic E-state index is 12.8. The second-order valence-electron chi connectivity index (χ2n) is 7.35. The number of aryl methyl sites for hydroxylation is 2. The Balaban J connectivity index is 1.89. The molecule has 0 bridgehead atoms. The molecule has 0 heterocycles. The molecule has 0 fully saturated rings. The van der Waals surface area contributed by atoms with Crippen LogP contribution >= 0.6 is 11.6 Å². The van der Waals surface area contributed by atoms with Crippen molar-refractivity contribution in [3.05, 3.63) is 90.5 Å². The van der Waals surface area contributed by atoms with Gasteiger partial charge < -0.3 is 5.11 Å². The van der Waals surface area contributed by atoms with Crippen molar-refractivity contribution in [2.24, 2.45) is 5.10 Å². The molecule has 3 rings (SSSR count). The minimum atomic E-state index is -4.14. The van der Waals surface area contributed by atoms with Gasteiger partial charge in [-0.1, -0.05) is 29.3 Å². The van der Waals surface area contributed by atoms with E-state index in [1.807, 2.05) is 6.92 Å². The molecule has 3 N–H and O–H groups in total. The minimum absolute atomic E-state index is 0.0344. The zero-order valence-electron chi connectivity index (χ0n) is 18.2. The number of hydrazone groups is 1. The molecule has 0 saturated heterocycles. The van der Waals surface area contributed by atoms with Crippen molar-refractivity contribution in [2.75, 3.05) is 10.1 Å². The second kappa shape index (κ2) is 9.95. The van der Waals surface area contributed by atoms with Gasteiger partial charge in [0, 0.05) is 22.7 Å². The van der Waals surface area contributed by atoms with Crippen LogP contribution in [0.2, 0.25) is 5.02 Å². The number of halogens is 1. The van der Waals surface area contributed by atoms with Crippen molar-refractivity contribution in [3.63, 3.8) is 0 Å². The maximum Gasteiger partial charge on any atom is 0.312 e. The molecule has 35 heavy (non-hydrogen) atoms. The Morgan fingerprint density at radius 2 is 1.63 bits per heavy atom. The number of nitro benzene ring substituents is 2. The number of rotatable bonds is 8. The molecule has 0 spiro atoms. The van der Waals surface area contributed by atoms with Crippen LogP contribution in [-0.2, 0) is 10.0 Å². The van der Waals surface area contributed by atoms with Crippen LogP contribution in [0.25, 0.3) is 0 Å². The SMILES string of the molecule is Cc1ccc(NS(=O)(=O)c2ccc(N/N=C\c3cc(Cl)cc([N+](=O)[O-])c3O)c([N+](=O)[O-])c2)c(C)c1. The van der Waals surface area contributed by atoms with Gasteiger partial charge in [0.1, 0.15) is 5.69 Å². The highest BCUT2D eigenvalue weighted by molar-refractivity contribution is 7.92. The third-order valence-electron chi connectivity index (χ3n) is 4.77. The van der Waals surface area contributed by atoms with Crippen LogP contribution in [0.4, 0.5) is 22.7 Å². The Morgan fingerprint density at radius 3 is 2.26 bits per heavy atom. The summed E-state index contributed by atoms with van der Waals surface area (Å²) < 4.78 is 28.0. The Morgan fingerprint density at radius 1 is 0.971 bits per heavy atom. The van der Waals surface area contributed by atoms with Gasteiger partial charge in [-0.2, -0.15) is 5.10 Å². The lowest BCUT2D eigenvalue weighted by Gasteiger charge is -2.12. The van der Waals surface area contributed by atoms with Gasteiger partial charge in [0.2, 0.25) is 5.75 Å². The van der Waals surface area contributed by atoms with Crippen molar-refractivity contribution >= 4 is 50.6 Å².